The van der Waals surface area contributed by atoms with Gasteiger partial charge in [-0.2, -0.15) is 0 Å². The second-order valence-electron chi connectivity index (χ2n) is 3.63. The highest BCUT2D eigenvalue weighted by molar-refractivity contribution is 9.10. The lowest BCUT2D eigenvalue weighted by Gasteiger charge is -2.17. The zero-order valence-electron chi connectivity index (χ0n) is 9.55. The molecule has 0 fully saturated rings. The Labute approximate surface area is 112 Å². The molecule has 0 heterocycles. The third-order valence-corrected chi connectivity index (χ3v) is 2.85. The molecule has 2 unspecified atom stereocenters. The summed E-state index contributed by atoms with van der Waals surface area (Å²) in [5.41, 5.74) is 0.504. The van der Waals surface area contributed by atoms with E-state index in [9.17, 15) is 14.7 Å². The van der Waals surface area contributed by atoms with Crippen molar-refractivity contribution in [1.82, 2.24) is 5.32 Å². The van der Waals surface area contributed by atoms with Crippen LogP contribution >= 0.6 is 15.9 Å². The van der Waals surface area contributed by atoms with E-state index in [2.05, 4.69) is 26.6 Å². The highest BCUT2D eigenvalue weighted by Crippen LogP contribution is 2.20. The maximum atomic E-state index is 11.6. The molecule has 1 aromatic carbocycles. The Kier molecular flexibility index (Phi) is 5.11. The summed E-state index contributed by atoms with van der Waals surface area (Å²) in [6.45, 7) is 1.29. The molecule has 0 bridgehead atoms. The number of aliphatic carboxylic acids is 1. The number of aliphatic hydroxyl groups is 1. The van der Waals surface area contributed by atoms with E-state index in [1.165, 1.54) is 6.92 Å². The van der Waals surface area contributed by atoms with Crippen LogP contribution in [0, 0.1) is 0 Å². The smallest absolute Gasteiger partial charge is 0.328 e. The molecule has 2 amide bonds. The molecular weight excluding hydrogens is 304 g/mol. The molecule has 0 radical (unpaired) electrons. The summed E-state index contributed by atoms with van der Waals surface area (Å²) in [5.74, 6) is -1.30. The molecule has 6 nitrogen and oxygen atoms in total. The Morgan fingerprint density at radius 2 is 1.94 bits per heavy atom. The fourth-order valence-corrected chi connectivity index (χ4v) is 1.63. The van der Waals surface area contributed by atoms with Gasteiger partial charge in [-0.05, 0) is 35.0 Å². The fraction of sp³-hybridized carbons (Fsp3) is 0.273. The molecule has 98 valence electrons. The number of hydrogen-bond acceptors (Lipinski definition) is 3. The van der Waals surface area contributed by atoms with E-state index in [-0.39, 0.29) is 0 Å². The molecule has 2 atom stereocenters. The minimum atomic E-state index is -1.35. The summed E-state index contributed by atoms with van der Waals surface area (Å²) in [7, 11) is 0. The van der Waals surface area contributed by atoms with E-state index in [0.717, 1.165) is 0 Å². The number of rotatable bonds is 4. The standard InChI is InChI=1S/C11H13BrN2O4/c1-6(15)9(10(16)17)14-11(18)13-8-5-3-2-4-7(8)12/h2-6,9,15H,1H3,(H,16,17)(H2,13,14,18). The first-order valence-corrected chi connectivity index (χ1v) is 5.94. The molecule has 0 aliphatic carbocycles. The van der Waals surface area contributed by atoms with Gasteiger partial charge in [-0.15, -0.1) is 0 Å². The van der Waals surface area contributed by atoms with Crippen molar-refractivity contribution in [2.75, 3.05) is 5.32 Å². The van der Waals surface area contributed by atoms with Crippen molar-refractivity contribution in [3.05, 3.63) is 28.7 Å². The van der Waals surface area contributed by atoms with E-state index in [1.807, 2.05) is 0 Å². The topological polar surface area (TPSA) is 98.7 Å². The van der Waals surface area contributed by atoms with Gasteiger partial charge in [0.25, 0.3) is 0 Å². The van der Waals surface area contributed by atoms with Gasteiger partial charge in [-0.3, -0.25) is 0 Å². The van der Waals surface area contributed by atoms with Crippen molar-refractivity contribution >= 4 is 33.6 Å². The van der Waals surface area contributed by atoms with Crippen LogP contribution in [0.2, 0.25) is 0 Å². The second kappa shape index (κ2) is 6.36. The molecule has 4 N–H and O–H groups in total. The van der Waals surface area contributed by atoms with Crippen LogP contribution in [0.3, 0.4) is 0 Å². The van der Waals surface area contributed by atoms with Gasteiger partial charge in [0.05, 0.1) is 11.8 Å². The number of nitrogens with one attached hydrogen (secondary N) is 2. The van der Waals surface area contributed by atoms with Gasteiger partial charge >= 0.3 is 12.0 Å². The van der Waals surface area contributed by atoms with Crippen LogP contribution in [0.25, 0.3) is 0 Å². The van der Waals surface area contributed by atoms with Crippen molar-refractivity contribution in [1.29, 1.82) is 0 Å². The van der Waals surface area contributed by atoms with Crippen LogP contribution < -0.4 is 10.6 Å². The van der Waals surface area contributed by atoms with E-state index < -0.39 is 24.1 Å². The van der Waals surface area contributed by atoms with Gasteiger partial charge in [-0.25, -0.2) is 9.59 Å². The number of carboxylic acid groups (broad SMARTS) is 1. The van der Waals surface area contributed by atoms with Crippen molar-refractivity contribution in [3.63, 3.8) is 0 Å². The summed E-state index contributed by atoms with van der Waals surface area (Å²) in [5, 5.41) is 22.7. The number of carboxylic acids is 1. The van der Waals surface area contributed by atoms with Crippen molar-refractivity contribution in [2.24, 2.45) is 0 Å². The second-order valence-corrected chi connectivity index (χ2v) is 4.49. The first kappa shape index (κ1) is 14.5. The SMILES string of the molecule is CC(O)C(NC(=O)Nc1ccccc1Br)C(=O)O. The number of amides is 2. The lowest BCUT2D eigenvalue weighted by molar-refractivity contribution is -0.141. The average molecular weight is 317 g/mol. The molecule has 1 rings (SSSR count). The Morgan fingerprint density at radius 1 is 1.33 bits per heavy atom. The minimum Gasteiger partial charge on any atom is -0.480 e. The van der Waals surface area contributed by atoms with Crippen molar-refractivity contribution < 1.29 is 19.8 Å². The highest BCUT2D eigenvalue weighted by atomic mass is 79.9. The Bertz CT molecular complexity index is 450. The highest BCUT2D eigenvalue weighted by Gasteiger charge is 2.24. The molecular formula is C11H13BrN2O4. The summed E-state index contributed by atoms with van der Waals surface area (Å²) < 4.78 is 0.670. The number of hydrogen-bond donors (Lipinski definition) is 4. The van der Waals surface area contributed by atoms with Crippen molar-refractivity contribution in [2.45, 2.75) is 19.1 Å². The number of anilines is 1. The lowest BCUT2D eigenvalue weighted by Crippen LogP contribution is -2.49. The quantitative estimate of drug-likeness (QED) is 0.675. The molecule has 0 saturated heterocycles. The maximum absolute atomic E-state index is 11.6. The number of halogens is 1. The van der Waals surface area contributed by atoms with Gasteiger partial charge in [0, 0.05) is 4.47 Å². The van der Waals surface area contributed by atoms with Crippen LogP contribution in [0.4, 0.5) is 10.5 Å². The van der Waals surface area contributed by atoms with E-state index >= 15 is 0 Å². The molecule has 0 aliphatic heterocycles. The first-order chi connectivity index (χ1) is 8.41. The Hall–Kier alpha value is -1.60. The lowest BCUT2D eigenvalue weighted by atomic mass is 10.2. The van der Waals surface area contributed by atoms with Gasteiger partial charge in [0.2, 0.25) is 0 Å². The number of para-hydroxylation sites is 1. The first-order valence-electron chi connectivity index (χ1n) is 5.14. The number of urea groups is 1. The average Bonchev–Trinajstić information content (AvgIpc) is 2.28. The molecule has 18 heavy (non-hydrogen) atoms. The van der Waals surface area contributed by atoms with Crippen LogP contribution in [-0.4, -0.2) is 34.4 Å². The molecule has 7 heteroatoms. The molecule has 0 aromatic heterocycles. The number of carbonyl (C=O) groups excluding carboxylic acids is 1. The molecule has 0 spiro atoms. The van der Waals surface area contributed by atoms with E-state index in [0.29, 0.717) is 10.2 Å². The van der Waals surface area contributed by atoms with E-state index in [1.54, 1.807) is 24.3 Å². The third-order valence-electron chi connectivity index (χ3n) is 2.16. The van der Waals surface area contributed by atoms with Gasteiger partial charge in [0.1, 0.15) is 0 Å². The number of carbonyl (C=O) groups is 2. The van der Waals surface area contributed by atoms with Crippen LogP contribution in [0.5, 0.6) is 0 Å². The number of benzene rings is 1. The zero-order valence-corrected chi connectivity index (χ0v) is 11.1. The molecule has 1 aromatic rings. The largest absolute Gasteiger partial charge is 0.480 e. The summed E-state index contributed by atoms with van der Waals surface area (Å²) in [4.78, 5) is 22.4. The predicted octanol–water partition coefficient (Wildman–Crippen LogP) is 1.40. The Morgan fingerprint density at radius 3 is 2.44 bits per heavy atom. The van der Waals surface area contributed by atoms with Gasteiger partial charge < -0.3 is 20.8 Å². The van der Waals surface area contributed by atoms with Gasteiger partial charge in [0.15, 0.2) is 6.04 Å². The van der Waals surface area contributed by atoms with E-state index in [4.69, 9.17) is 5.11 Å². The summed E-state index contributed by atoms with van der Waals surface area (Å²) in [6, 6.07) is 4.84. The minimum absolute atomic E-state index is 0.504. The van der Waals surface area contributed by atoms with Crippen LogP contribution in [0.1, 0.15) is 6.92 Å². The maximum Gasteiger partial charge on any atom is 0.328 e. The monoisotopic (exact) mass is 316 g/mol. The fourth-order valence-electron chi connectivity index (χ4n) is 1.25. The van der Waals surface area contributed by atoms with Gasteiger partial charge in [-0.1, -0.05) is 12.1 Å². The normalized spacial score (nSPS) is 13.5. The predicted molar refractivity (Wildman–Crippen MR) is 69.4 cm³/mol. The van der Waals surface area contributed by atoms with Crippen molar-refractivity contribution in [3.8, 4) is 0 Å². The summed E-state index contributed by atoms with van der Waals surface area (Å²) in [6.07, 6.45) is -1.19. The Balaban J connectivity index is 2.67. The molecule has 0 aliphatic rings. The van der Waals surface area contributed by atoms with Crippen LogP contribution in [-0.2, 0) is 4.79 Å². The molecule has 0 saturated carbocycles. The third kappa shape index (κ3) is 4.01. The number of aliphatic hydroxyl groups excluding tert-OH is 1. The van der Waals surface area contributed by atoms with Crippen LogP contribution in [0.15, 0.2) is 28.7 Å². The zero-order chi connectivity index (χ0) is 13.7. The summed E-state index contributed by atoms with van der Waals surface area (Å²) >= 11 is 3.24.